The van der Waals surface area contributed by atoms with Crippen LogP contribution in [-0.4, -0.2) is 19.7 Å². The van der Waals surface area contributed by atoms with Gasteiger partial charge < -0.3 is 0 Å². The lowest BCUT2D eigenvalue weighted by Gasteiger charge is -2.02. The van der Waals surface area contributed by atoms with Gasteiger partial charge in [0, 0.05) is 12.5 Å². The van der Waals surface area contributed by atoms with Crippen molar-refractivity contribution in [2.24, 2.45) is 0 Å². The van der Waals surface area contributed by atoms with Crippen LogP contribution in [0.5, 0.6) is 0 Å². The zero-order valence-electron chi connectivity index (χ0n) is 9.86. The van der Waals surface area contributed by atoms with Crippen molar-refractivity contribution >= 4 is 23.6 Å². The Labute approximate surface area is 109 Å². The molecule has 0 amide bonds. The summed E-state index contributed by atoms with van der Waals surface area (Å²) in [6.07, 6.45) is 2.51. The zero-order chi connectivity index (χ0) is 12.0. The summed E-state index contributed by atoms with van der Waals surface area (Å²) in [6.45, 7) is 4.98. The summed E-state index contributed by atoms with van der Waals surface area (Å²) >= 11 is 6.95. The van der Waals surface area contributed by atoms with Gasteiger partial charge in [-0.3, -0.25) is 9.67 Å². The zero-order valence-corrected chi connectivity index (χ0v) is 11.5. The van der Waals surface area contributed by atoms with Crippen LogP contribution in [0.4, 0.5) is 0 Å². The second-order valence-electron chi connectivity index (χ2n) is 4.32. The Bertz CT molecular complexity index is 603. The van der Waals surface area contributed by atoms with Gasteiger partial charge in [-0.05, 0) is 38.9 Å². The molecule has 1 N–H and O–H groups in total. The number of nitrogens with one attached hydrogen (secondary N) is 1. The van der Waals surface area contributed by atoms with Crippen molar-refractivity contribution < 1.29 is 0 Å². The van der Waals surface area contributed by atoms with E-state index in [1.165, 1.54) is 23.4 Å². The normalized spacial score (nSPS) is 15.4. The van der Waals surface area contributed by atoms with Crippen molar-refractivity contribution in [1.29, 1.82) is 0 Å². The fraction of sp³-hybridized carbons (Fsp3) is 0.545. The minimum Gasteiger partial charge on any atom is -0.300 e. The van der Waals surface area contributed by atoms with Crippen LogP contribution in [0.1, 0.15) is 36.4 Å². The Balaban J connectivity index is 2.17. The van der Waals surface area contributed by atoms with Crippen LogP contribution in [0.3, 0.4) is 0 Å². The molecule has 4 nitrogen and oxygen atoms in total. The number of aryl methyl sites for hydroxylation is 1. The molecule has 0 radical (unpaired) electrons. The Kier molecular flexibility index (Phi) is 2.63. The van der Waals surface area contributed by atoms with Gasteiger partial charge in [-0.1, -0.05) is 0 Å². The number of thiazole rings is 1. The van der Waals surface area contributed by atoms with Crippen molar-refractivity contribution in [3.63, 3.8) is 0 Å². The number of H-pyrrole nitrogens is 1. The molecule has 0 aliphatic heterocycles. The van der Waals surface area contributed by atoms with Gasteiger partial charge in [0.1, 0.15) is 0 Å². The van der Waals surface area contributed by atoms with Gasteiger partial charge in [0.2, 0.25) is 0 Å². The molecule has 1 aliphatic carbocycles. The lowest BCUT2D eigenvalue weighted by atomic mass is 10.2. The molecule has 0 aromatic carbocycles. The van der Waals surface area contributed by atoms with Crippen molar-refractivity contribution in [3.05, 3.63) is 15.5 Å². The molecule has 1 fully saturated rings. The van der Waals surface area contributed by atoms with Crippen molar-refractivity contribution in [2.75, 3.05) is 0 Å². The van der Waals surface area contributed by atoms with Crippen LogP contribution in [0, 0.1) is 11.7 Å². The Morgan fingerprint density at radius 3 is 2.94 bits per heavy atom. The maximum absolute atomic E-state index is 5.23. The third kappa shape index (κ3) is 1.85. The highest BCUT2D eigenvalue weighted by molar-refractivity contribution is 7.71. The highest BCUT2D eigenvalue weighted by atomic mass is 32.1. The van der Waals surface area contributed by atoms with Crippen LogP contribution >= 0.6 is 23.6 Å². The quantitative estimate of drug-likeness (QED) is 0.867. The third-order valence-corrected chi connectivity index (χ3v) is 4.30. The molecule has 1 saturated carbocycles. The summed E-state index contributed by atoms with van der Waals surface area (Å²) in [7, 11) is 0. The van der Waals surface area contributed by atoms with E-state index >= 15 is 0 Å². The van der Waals surface area contributed by atoms with Gasteiger partial charge in [-0.15, -0.1) is 11.3 Å². The van der Waals surface area contributed by atoms with Crippen molar-refractivity contribution in [1.82, 2.24) is 19.7 Å². The second-order valence-corrected chi connectivity index (χ2v) is 5.91. The summed E-state index contributed by atoms with van der Waals surface area (Å²) in [5.74, 6) is 1.59. The minimum atomic E-state index is 0.644. The minimum absolute atomic E-state index is 0.644. The number of hydrogen-bond acceptors (Lipinski definition) is 4. The maximum Gasteiger partial charge on any atom is 0.195 e. The molecular weight excluding hydrogens is 252 g/mol. The van der Waals surface area contributed by atoms with Gasteiger partial charge in [0.05, 0.1) is 15.6 Å². The number of nitrogens with zero attached hydrogens (tertiary/aromatic N) is 3. The fourth-order valence-electron chi connectivity index (χ4n) is 2.02. The lowest BCUT2D eigenvalue weighted by Crippen LogP contribution is -1.98. The maximum atomic E-state index is 5.23. The summed E-state index contributed by atoms with van der Waals surface area (Å²) in [6, 6.07) is 0. The number of rotatable bonds is 3. The second kappa shape index (κ2) is 4.03. The largest absolute Gasteiger partial charge is 0.300 e. The van der Waals surface area contributed by atoms with Crippen LogP contribution in [0.15, 0.2) is 0 Å². The highest BCUT2D eigenvalue weighted by Crippen LogP contribution is 2.45. The van der Waals surface area contributed by atoms with E-state index in [2.05, 4.69) is 29.0 Å². The van der Waals surface area contributed by atoms with E-state index in [4.69, 9.17) is 12.2 Å². The lowest BCUT2D eigenvalue weighted by molar-refractivity contribution is 0.755. The molecule has 0 bridgehead atoms. The van der Waals surface area contributed by atoms with Crippen LogP contribution < -0.4 is 0 Å². The summed E-state index contributed by atoms with van der Waals surface area (Å²) < 4.78 is 2.73. The van der Waals surface area contributed by atoms with E-state index in [0.717, 1.165) is 17.4 Å². The molecule has 2 heterocycles. The molecule has 0 saturated heterocycles. The first-order valence-electron chi connectivity index (χ1n) is 5.83. The number of hydrogen-bond donors (Lipinski definition) is 1. The number of aromatic nitrogens is 4. The van der Waals surface area contributed by atoms with Crippen LogP contribution in [0.25, 0.3) is 10.7 Å². The van der Waals surface area contributed by atoms with Gasteiger partial charge in [-0.25, -0.2) is 4.98 Å². The molecule has 6 heteroatoms. The molecule has 17 heavy (non-hydrogen) atoms. The van der Waals surface area contributed by atoms with Crippen molar-refractivity contribution in [3.8, 4) is 10.7 Å². The molecule has 0 atom stereocenters. The number of aromatic amines is 1. The first kappa shape index (κ1) is 11.1. The van der Waals surface area contributed by atoms with Gasteiger partial charge in [0.25, 0.3) is 0 Å². The third-order valence-electron chi connectivity index (χ3n) is 3.00. The summed E-state index contributed by atoms with van der Waals surface area (Å²) in [5, 5.41) is 8.34. The average Bonchev–Trinajstić information content (AvgIpc) is 2.98. The molecular formula is C11H14N4S2. The summed E-state index contributed by atoms with van der Waals surface area (Å²) in [4.78, 5) is 5.84. The molecule has 0 unspecified atom stereocenters. The summed E-state index contributed by atoms with van der Waals surface area (Å²) in [5.41, 5.74) is 1.22. The van der Waals surface area contributed by atoms with Gasteiger partial charge >= 0.3 is 0 Å². The van der Waals surface area contributed by atoms with E-state index in [1.54, 1.807) is 11.3 Å². The monoisotopic (exact) mass is 266 g/mol. The molecule has 2 aromatic heterocycles. The van der Waals surface area contributed by atoms with E-state index in [0.29, 0.717) is 10.7 Å². The smallest absolute Gasteiger partial charge is 0.195 e. The van der Waals surface area contributed by atoms with E-state index in [-0.39, 0.29) is 0 Å². The first-order chi connectivity index (χ1) is 8.20. The highest BCUT2D eigenvalue weighted by Gasteiger charge is 2.31. The first-order valence-corrected chi connectivity index (χ1v) is 7.06. The molecule has 90 valence electrons. The van der Waals surface area contributed by atoms with E-state index in [9.17, 15) is 0 Å². The Hall–Kier alpha value is -1.01. The standard InChI is InChI=1S/C11H14N4S2/c1-3-15-10(13-14-11(15)16)9-8(7-4-5-7)12-6(2)17-9/h7H,3-5H2,1-2H3,(H,14,16). The van der Waals surface area contributed by atoms with Gasteiger partial charge in [0.15, 0.2) is 10.6 Å². The van der Waals surface area contributed by atoms with Crippen LogP contribution in [0.2, 0.25) is 0 Å². The molecule has 1 aliphatic rings. The van der Waals surface area contributed by atoms with E-state index in [1.807, 2.05) is 4.57 Å². The molecule has 3 rings (SSSR count). The fourth-order valence-corrected chi connectivity index (χ4v) is 3.29. The molecule has 2 aromatic rings. The Morgan fingerprint density at radius 1 is 1.53 bits per heavy atom. The topological polar surface area (TPSA) is 46.5 Å². The van der Waals surface area contributed by atoms with E-state index < -0.39 is 0 Å². The SMILES string of the molecule is CCn1c(-c2sc(C)nc2C2CC2)n[nH]c1=S. The predicted octanol–water partition coefficient (Wildman–Crippen LogP) is 3.27. The van der Waals surface area contributed by atoms with Crippen LogP contribution in [-0.2, 0) is 6.54 Å². The molecule has 0 spiro atoms. The predicted molar refractivity (Wildman–Crippen MR) is 70.9 cm³/mol. The average molecular weight is 266 g/mol. The van der Waals surface area contributed by atoms with Gasteiger partial charge in [-0.2, -0.15) is 5.10 Å². The van der Waals surface area contributed by atoms with Crippen molar-refractivity contribution in [2.45, 2.75) is 39.2 Å². The Morgan fingerprint density at radius 2 is 2.29 bits per heavy atom.